The van der Waals surface area contributed by atoms with Crippen LogP contribution in [-0.4, -0.2) is 0 Å². The number of unbranched alkanes of at least 4 members (excludes halogenated alkanes) is 1. The molecule has 0 saturated heterocycles. The van der Waals surface area contributed by atoms with Gasteiger partial charge in [0, 0.05) is 0 Å². The molecule has 0 aliphatic rings. The SMILES string of the molecule is CCCCC(CCC)C(C)C(C)C(CCC)CCC(C)CC. The van der Waals surface area contributed by atoms with E-state index in [1.54, 1.807) is 0 Å². The third-order valence-electron chi connectivity index (χ3n) is 6.29. The van der Waals surface area contributed by atoms with E-state index in [2.05, 4.69) is 48.5 Å². The monoisotopic (exact) mass is 310 g/mol. The van der Waals surface area contributed by atoms with Gasteiger partial charge in [-0.3, -0.25) is 0 Å². The van der Waals surface area contributed by atoms with E-state index in [4.69, 9.17) is 0 Å². The summed E-state index contributed by atoms with van der Waals surface area (Å²) in [7, 11) is 0. The lowest BCUT2D eigenvalue weighted by atomic mass is 9.71. The van der Waals surface area contributed by atoms with Crippen LogP contribution >= 0.6 is 0 Å². The molecule has 0 aromatic carbocycles. The molecule has 0 bridgehead atoms. The fourth-order valence-electron chi connectivity index (χ4n) is 4.11. The van der Waals surface area contributed by atoms with Gasteiger partial charge in [-0.05, 0) is 36.0 Å². The third kappa shape index (κ3) is 8.59. The van der Waals surface area contributed by atoms with Crippen molar-refractivity contribution in [2.24, 2.45) is 29.6 Å². The maximum Gasteiger partial charge on any atom is -0.0386 e. The lowest BCUT2D eigenvalue weighted by molar-refractivity contribution is 0.153. The highest BCUT2D eigenvalue weighted by atomic mass is 14.3. The zero-order valence-electron chi connectivity index (χ0n) is 17.0. The highest BCUT2D eigenvalue weighted by Crippen LogP contribution is 2.37. The second-order valence-corrected chi connectivity index (χ2v) is 8.05. The van der Waals surface area contributed by atoms with Gasteiger partial charge in [0.1, 0.15) is 0 Å². The smallest absolute Gasteiger partial charge is 0.0386 e. The van der Waals surface area contributed by atoms with Crippen LogP contribution in [0.5, 0.6) is 0 Å². The van der Waals surface area contributed by atoms with E-state index in [-0.39, 0.29) is 0 Å². The third-order valence-corrected chi connectivity index (χ3v) is 6.29. The molecule has 0 heterocycles. The summed E-state index contributed by atoms with van der Waals surface area (Å²) in [6.07, 6.45) is 14.1. The van der Waals surface area contributed by atoms with Gasteiger partial charge in [0.05, 0.1) is 0 Å². The van der Waals surface area contributed by atoms with Crippen LogP contribution in [0.25, 0.3) is 0 Å². The Morgan fingerprint density at radius 1 is 0.545 bits per heavy atom. The van der Waals surface area contributed by atoms with E-state index in [1.807, 2.05) is 0 Å². The summed E-state index contributed by atoms with van der Waals surface area (Å²) in [6, 6.07) is 0. The molecule has 0 saturated carbocycles. The predicted molar refractivity (Wildman–Crippen MR) is 103 cm³/mol. The minimum Gasteiger partial charge on any atom is -0.0654 e. The molecule has 0 amide bonds. The van der Waals surface area contributed by atoms with Gasteiger partial charge in [-0.2, -0.15) is 0 Å². The molecular weight excluding hydrogens is 264 g/mol. The molecule has 0 aliphatic carbocycles. The van der Waals surface area contributed by atoms with Crippen molar-refractivity contribution in [3.05, 3.63) is 0 Å². The van der Waals surface area contributed by atoms with Crippen LogP contribution in [0.4, 0.5) is 0 Å². The van der Waals surface area contributed by atoms with Crippen molar-refractivity contribution in [3.8, 4) is 0 Å². The van der Waals surface area contributed by atoms with Crippen molar-refractivity contribution >= 4 is 0 Å². The van der Waals surface area contributed by atoms with Crippen LogP contribution in [0.2, 0.25) is 0 Å². The molecule has 0 nitrogen and oxygen atoms in total. The van der Waals surface area contributed by atoms with Crippen molar-refractivity contribution in [2.45, 2.75) is 113 Å². The first-order valence-corrected chi connectivity index (χ1v) is 10.5. The first-order chi connectivity index (χ1) is 10.5. The predicted octanol–water partition coefficient (Wildman–Crippen LogP) is 8.11. The van der Waals surface area contributed by atoms with E-state index in [0.29, 0.717) is 0 Å². The summed E-state index contributed by atoms with van der Waals surface area (Å²) in [5.41, 5.74) is 0. The lowest BCUT2D eigenvalue weighted by Gasteiger charge is -2.35. The van der Waals surface area contributed by atoms with Crippen molar-refractivity contribution < 1.29 is 0 Å². The summed E-state index contributed by atoms with van der Waals surface area (Å²) >= 11 is 0. The standard InChI is InChI=1S/C22H46/c1-8-12-15-21(13-9-2)19(6)20(7)22(14-10-3)17-16-18(5)11-4/h18-22H,8-17H2,1-7H3. The van der Waals surface area contributed by atoms with Gasteiger partial charge in [0.25, 0.3) is 0 Å². The molecular formula is C22H46. The maximum atomic E-state index is 2.57. The van der Waals surface area contributed by atoms with Gasteiger partial charge in [-0.25, -0.2) is 0 Å². The van der Waals surface area contributed by atoms with Gasteiger partial charge < -0.3 is 0 Å². The van der Waals surface area contributed by atoms with Crippen LogP contribution in [0.3, 0.4) is 0 Å². The van der Waals surface area contributed by atoms with Crippen molar-refractivity contribution in [1.82, 2.24) is 0 Å². The average molecular weight is 311 g/mol. The highest BCUT2D eigenvalue weighted by molar-refractivity contribution is 4.77. The fourth-order valence-corrected chi connectivity index (χ4v) is 4.11. The van der Waals surface area contributed by atoms with Gasteiger partial charge in [-0.1, -0.05) is 106 Å². The van der Waals surface area contributed by atoms with Crippen LogP contribution in [0.15, 0.2) is 0 Å². The van der Waals surface area contributed by atoms with Crippen LogP contribution in [-0.2, 0) is 0 Å². The molecule has 0 radical (unpaired) electrons. The quantitative estimate of drug-likeness (QED) is 0.304. The van der Waals surface area contributed by atoms with Gasteiger partial charge in [0.15, 0.2) is 0 Å². The molecule has 5 atom stereocenters. The number of hydrogen-bond donors (Lipinski definition) is 0. The topological polar surface area (TPSA) is 0 Å². The summed E-state index contributed by atoms with van der Waals surface area (Å²) in [6.45, 7) is 17.0. The fraction of sp³-hybridized carbons (Fsp3) is 1.00. The first-order valence-electron chi connectivity index (χ1n) is 10.5. The molecule has 134 valence electrons. The summed E-state index contributed by atoms with van der Waals surface area (Å²) in [5, 5.41) is 0. The minimum absolute atomic E-state index is 0.900. The summed E-state index contributed by atoms with van der Waals surface area (Å²) in [5.74, 6) is 4.63. The summed E-state index contributed by atoms with van der Waals surface area (Å²) in [4.78, 5) is 0. The van der Waals surface area contributed by atoms with Crippen molar-refractivity contribution in [1.29, 1.82) is 0 Å². The normalized spacial score (nSPS) is 18.7. The molecule has 0 spiro atoms. The van der Waals surface area contributed by atoms with E-state index in [0.717, 1.165) is 29.6 Å². The summed E-state index contributed by atoms with van der Waals surface area (Å²) < 4.78 is 0. The zero-order chi connectivity index (χ0) is 17.0. The van der Waals surface area contributed by atoms with Gasteiger partial charge in [-0.15, -0.1) is 0 Å². The van der Waals surface area contributed by atoms with E-state index >= 15 is 0 Å². The van der Waals surface area contributed by atoms with E-state index in [1.165, 1.54) is 64.2 Å². The molecule has 0 aromatic heterocycles. The Balaban J connectivity index is 4.66. The van der Waals surface area contributed by atoms with Crippen molar-refractivity contribution in [2.75, 3.05) is 0 Å². The molecule has 0 heteroatoms. The van der Waals surface area contributed by atoms with Crippen LogP contribution in [0.1, 0.15) is 113 Å². The number of hydrogen-bond acceptors (Lipinski definition) is 0. The van der Waals surface area contributed by atoms with Crippen molar-refractivity contribution in [3.63, 3.8) is 0 Å². The molecule has 0 aromatic rings. The molecule has 0 fully saturated rings. The second-order valence-electron chi connectivity index (χ2n) is 8.05. The minimum atomic E-state index is 0.900. The van der Waals surface area contributed by atoms with Crippen LogP contribution in [0, 0.1) is 29.6 Å². The first kappa shape index (κ1) is 22.0. The maximum absolute atomic E-state index is 2.57. The molecule has 22 heavy (non-hydrogen) atoms. The van der Waals surface area contributed by atoms with Crippen LogP contribution < -0.4 is 0 Å². The molecule has 0 N–H and O–H groups in total. The molecule has 0 rings (SSSR count). The van der Waals surface area contributed by atoms with Gasteiger partial charge >= 0.3 is 0 Å². The lowest BCUT2D eigenvalue weighted by Crippen LogP contribution is -2.26. The van der Waals surface area contributed by atoms with E-state index in [9.17, 15) is 0 Å². The Morgan fingerprint density at radius 2 is 1.05 bits per heavy atom. The molecule has 0 aliphatic heterocycles. The largest absolute Gasteiger partial charge is 0.0654 e. The van der Waals surface area contributed by atoms with E-state index < -0.39 is 0 Å². The highest BCUT2D eigenvalue weighted by Gasteiger charge is 2.27. The Hall–Kier alpha value is 0. The Bertz CT molecular complexity index is 230. The Kier molecular flexibility index (Phi) is 13.4. The van der Waals surface area contributed by atoms with Gasteiger partial charge in [0.2, 0.25) is 0 Å². The molecule has 5 unspecified atom stereocenters. The Morgan fingerprint density at radius 3 is 1.45 bits per heavy atom. The second kappa shape index (κ2) is 13.4. The average Bonchev–Trinajstić information content (AvgIpc) is 2.53. The Labute approximate surface area is 142 Å². The number of rotatable bonds is 14. The zero-order valence-corrected chi connectivity index (χ0v) is 17.0.